The number of hydrogen-bond donors (Lipinski definition) is 5. The van der Waals surface area contributed by atoms with Gasteiger partial charge in [0.25, 0.3) is 0 Å². The molecule has 1 heterocycles. The lowest BCUT2D eigenvalue weighted by Gasteiger charge is -2.56. The van der Waals surface area contributed by atoms with Crippen molar-refractivity contribution in [3.05, 3.63) is 0 Å². The topological polar surface area (TPSA) is 156 Å². The molecule has 5 atom stereocenters. The van der Waals surface area contributed by atoms with Crippen LogP contribution in [0, 0.1) is 5.92 Å². The minimum atomic E-state index is -2.03. The molecule has 1 aliphatic carbocycles. The molecular formula is C19H34N2O9. The minimum absolute atomic E-state index is 0.0360. The Labute approximate surface area is 176 Å². The van der Waals surface area contributed by atoms with Crippen LogP contribution in [0.25, 0.3) is 0 Å². The van der Waals surface area contributed by atoms with Gasteiger partial charge in [-0.15, -0.1) is 0 Å². The quantitative estimate of drug-likeness (QED) is 0.177. The molecule has 2 rings (SSSR count). The summed E-state index contributed by atoms with van der Waals surface area (Å²) in [5.74, 6) is -3.45. The van der Waals surface area contributed by atoms with Gasteiger partial charge in [0.05, 0.1) is 37.4 Å². The fraction of sp³-hybridized carbons (Fsp3) is 0.895. The number of methoxy groups -OCH3 is 2. The number of aliphatic hydroxyl groups excluding tert-OH is 1. The molecule has 1 saturated carbocycles. The maximum absolute atomic E-state index is 12.0. The van der Waals surface area contributed by atoms with Crippen molar-refractivity contribution < 1.29 is 43.9 Å². The van der Waals surface area contributed by atoms with Gasteiger partial charge in [-0.3, -0.25) is 9.59 Å². The normalized spacial score (nSPS) is 29.8. The van der Waals surface area contributed by atoms with Crippen LogP contribution < -0.4 is 10.6 Å². The van der Waals surface area contributed by atoms with Crippen LogP contribution in [-0.2, 0) is 28.5 Å². The summed E-state index contributed by atoms with van der Waals surface area (Å²) in [6, 6.07) is -1.13. The van der Waals surface area contributed by atoms with Gasteiger partial charge in [-0.05, 0) is 12.8 Å². The summed E-state index contributed by atoms with van der Waals surface area (Å²) >= 11 is 0. The molecule has 2 amide bonds. The lowest BCUT2D eigenvalue weighted by molar-refractivity contribution is -0.378. The lowest BCUT2D eigenvalue weighted by Crippen LogP contribution is -2.73. The van der Waals surface area contributed by atoms with E-state index in [1.807, 2.05) is 0 Å². The van der Waals surface area contributed by atoms with Gasteiger partial charge in [0.2, 0.25) is 11.8 Å². The van der Waals surface area contributed by atoms with E-state index in [4.69, 9.17) is 18.9 Å². The molecule has 11 heteroatoms. The van der Waals surface area contributed by atoms with Gasteiger partial charge in [-0.2, -0.15) is 0 Å². The Bertz CT molecular complexity index is 568. The second-order valence-electron chi connectivity index (χ2n) is 7.87. The summed E-state index contributed by atoms with van der Waals surface area (Å²) in [5.41, 5.74) is 0. The van der Waals surface area contributed by atoms with Crippen molar-refractivity contribution in [3.8, 4) is 0 Å². The molecule has 2 aliphatic rings. The zero-order chi connectivity index (χ0) is 22.3. The number of nitrogens with one attached hydrogen (secondary N) is 2. The van der Waals surface area contributed by atoms with E-state index in [0.717, 1.165) is 0 Å². The van der Waals surface area contributed by atoms with E-state index in [1.54, 1.807) is 14.2 Å². The smallest absolute Gasteiger partial charge is 0.220 e. The van der Waals surface area contributed by atoms with Crippen LogP contribution >= 0.6 is 0 Å². The molecule has 0 aromatic carbocycles. The molecule has 0 aromatic heterocycles. The molecule has 11 nitrogen and oxygen atoms in total. The van der Waals surface area contributed by atoms with Crippen molar-refractivity contribution in [3.63, 3.8) is 0 Å². The van der Waals surface area contributed by atoms with Crippen LogP contribution in [-0.4, -0.2) is 97.5 Å². The van der Waals surface area contributed by atoms with Gasteiger partial charge in [0, 0.05) is 40.6 Å². The predicted octanol–water partition coefficient (Wildman–Crippen LogP) is -1.76. The van der Waals surface area contributed by atoms with E-state index in [1.165, 1.54) is 6.92 Å². The van der Waals surface area contributed by atoms with Crippen molar-refractivity contribution in [1.82, 2.24) is 10.6 Å². The van der Waals surface area contributed by atoms with Gasteiger partial charge in [-0.25, -0.2) is 0 Å². The SMILES string of the molecule is COCC(COC)NC(=O)CCCCO[C@@H]1OC2CC(O)(O)[C@@H]2C(O)C1NC(C)=O. The summed E-state index contributed by atoms with van der Waals surface area (Å²) in [6.45, 7) is 2.27. The predicted molar refractivity (Wildman–Crippen MR) is 103 cm³/mol. The largest absolute Gasteiger partial charge is 0.390 e. The van der Waals surface area contributed by atoms with Crippen LogP contribution in [0.3, 0.4) is 0 Å². The fourth-order valence-corrected chi connectivity index (χ4v) is 3.92. The summed E-state index contributed by atoms with van der Waals surface area (Å²) in [7, 11) is 3.11. The van der Waals surface area contributed by atoms with Crippen LogP contribution in [0.15, 0.2) is 0 Å². The van der Waals surface area contributed by atoms with Crippen LogP contribution in [0.1, 0.15) is 32.6 Å². The molecule has 5 N–H and O–H groups in total. The Morgan fingerprint density at radius 3 is 2.43 bits per heavy atom. The molecule has 0 aromatic rings. The van der Waals surface area contributed by atoms with Crippen molar-refractivity contribution in [2.24, 2.45) is 5.92 Å². The third-order valence-corrected chi connectivity index (χ3v) is 5.33. The van der Waals surface area contributed by atoms with Gasteiger partial charge in [0.1, 0.15) is 6.04 Å². The van der Waals surface area contributed by atoms with Crippen molar-refractivity contribution in [1.29, 1.82) is 0 Å². The van der Waals surface area contributed by atoms with Crippen molar-refractivity contribution >= 4 is 11.8 Å². The Morgan fingerprint density at radius 2 is 1.87 bits per heavy atom. The second-order valence-corrected chi connectivity index (χ2v) is 7.87. The fourth-order valence-electron chi connectivity index (χ4n) is 3.92. The lowest BCUT2D eigenvalue weighted by atomic mass is 9.68. The number of amides is 2. The number of fused-ring (bicyclic) bond motifs is 1. The highest BCUT2D eigenvalue weighted by Gasteiger charge is 2.62. The molecule has 3 unspecified atom stereocenters. The third-order valence-electron chi connectivity index (χ3n) is 5.33. The third kappa shape index (κ3) is 6.58. The van der Waals surface area contributed by atoms with E-state index < -0.39 is 42.2 Å². The second kappa shape index (κ2) is 11.3. The Hall–Kier alpha value is -1.34. The molecule has 1 saturated heterocycles. The first-order chi connectivity index (χ1) is 14.2. The van der Waals surface area contributed by atoms with Crippen LogP contribution in [0.5, 0.6) is 0 Å². The average Bonchev–Trinajstić information content (AvgIpc) is 2.63. The van der Waals surface area contributed by atoms with Gasteiger partial charge in [-0.1, -0.05) is 0 Å². The van der Waals surface area contributed by atoms with E-state index in [9.17, 15) is 24.9 Å². The van der Waals surface area contributed by atoms with Crippen LogP contribution in [0.4, 0.5) is 0 Å². The number of aliphatic hydroxyl groups is 3. The maximum atomic E-state index is 12.0. The first-order valence-corrected chi connectivity index (χ1v) is 10.1. The summed E-state index contributed by atoms with van der Waals surface area (Å²) < 4.78 is 21.5. The Kier molecular flexibility index (Phi) is 9.41. The number of hydrogen-bond acceptors (Lipinski definition) is 9. The van der Waals surface area contributed by atoms with Crippen LogP contribution in [0.2, 0.25) is 0 Å². The molecular weight excluding hydrogens is 400 g/mol. The van der Waals surface area contributed by atoms with E-state index in [-0.39, 0.29) is 25.0 Å². The molecule has 0 bridgehead atoms. The standard InChI is InChI=1S/C19H34N2O9/c1-11(22)20-16-17(24)15-13(8-19(15,25)26)30-18(16)29-7-5-4-6-14(23)21-12(9-27-2)10-28-3/h12-13,15-18,24-26H,4-10H2,1-3H3,(H,20,22)(H,21,23)/t13?,15-,16?,17?,18+/m0/s1. The minimum Gasteiger partial charge on any atom is -0.390 e. The zero-order valence-electron chi connectivity index (χ0n) is 17.7. The van der Waals surface area contributed by atoms with Gasteiger partial charge in [0.15, 0.2) is 12.1 Å². The summed E-state index contributed by atoms with van der Waals surface area (Å²) in [5, 5.41) is 35.6. The monoisotopic (exact) mass is 434 g/mol. The van der Waals surface area contributed by atoms with E-state index >= 15 is 0 Å². The number of rotatable bonds is 12. The Balaban J connectivity index is 1.75. The number of carbonyl (C=O) groups excluding carboxylic acids is 2. The van der Waals surface area contributed by atoms with Gasteiger partial charge < -0.3 is 44.9 Å². The zero-order valence-corrected chi connectivity index (χ0v) is 17.7. The molecule has 174 valence electrons. The highest BCUT2D eigenvalue weighted by Crippen LogP contribution is 2.46. The average molecular weight is 434 g/mol. The highest BCUT2D eigenvalue weighted by molar-refractivity contribution is 5.76. The summed E-state index contributed by atoms with van der Waals surface area (Å²) in [6.07, 6.45) is -1.29. The number of ether oxygens (including phenoxy) is 4. The number of carbonyl (C=O) groups is 2. The molecule has 0 spiro atoms. The maximum Gasteiger partial charge on any atom is 0.220 e. The highest BCUT2D eigenvalue weighted by atomic mass is 16.7. The number of unbranched alkanes of at least 4 members (excludes halogenated alkanes) is 1. The summed E-state index contributed by atoms with van der Waals surface area (Å²) in [4.78, 5) is 23.5. The van der Waals surface area contributed by atoms with E-state index in [0.29, 0.717) is 32.5 Å². The van der Waals surface area contributed by atoms with Gasteiger partial charge >= 0.3 is 0 Å². The Morgan fingerprint density at radius 1 is 1.20 bits per heavy atom. The molecule has 30 heavy (non-hydrogen) atoms. The molecule has 2 fully saturated rings. The molecule has 0 radical (unpaired) electrons. The molecule has 1 aliphatic heterocycles. The van der Waals surface area contributed by atoms with Crippen molar-refractivity contribution in [2.45, 2.75) is 69.0 Å². The van der Waals surface area contributed by atoms with E-state index in [2.05, 4.69) is 10.6 Å². The first kappa shape index (κ1) is 24.9. The van der Waals surface area contributed by atoms with Crippen molar-refractivity contribution in [2.75, 3.05) is 34.0 Å². The first-order valence-electron chi connectivity index (χ1n) is 10.1.